The van der Waals surface area contributed by atoms with Gasteiger partial charge in [0.05, 0.1) is 0 Å². The lowest BCUT2D eigenvalue weighted by molar-refractivity contribution is -0.238. The van der Waals surface area contributed by atoms with Crippen LogP contribution in [0.1, 0.15) is 0 Å². The Morgan fingerprint density at radius 3 is 2.73 bits per heavy atom. The van der Waals surface area contributed by atoms with Crippen molar-refractivity contribution >= 4 is 10.8 Å². The molecule has 1 atom stereocenters. The molecule has 3 heteroatoms. The first-order valence-electron chi connectivity index (χ1n) is 4.86. The second-order valence-corrected chi connectivity index (χ2v) is 3.42. The Balaban J connectivity index is 1.93. The molecule has 0 saturated carbocycles. The van der Waals surface area contributed by atoms with Crippen LogP contribution in [0.4, 0.5) is 0 Å². The number of benzene rings is 2. The molecule has 1 aliphatic rings. The normalized spacial score (nSPS) is 19.1. The van der Waals surface area contributed by atoms with Gasteiger partial charge in [-0.15, -0.1) is 0 Å². The molecule has 1 aliphatic heterocycles. The van der Waals surface area contributed by atoms with Crippen molar-refractivity contribution < 1.29 is 14.5 Å². The molecule has 3 nitrogen and oxygen atoms in total. The van der Waals surface area contributed by atoms with Gasteiger partial charge in [0.25, 0.3) is 0 Å². The van der Waals surface area contributed by atoms with Gasteiger partial charge in [0.1, 0.15) is 6.61 Å². The average molecular weight is 202 g/mol. The van der Waals surface area contributed by atoms with Gasteiger partial charge in [-0.3, -0.25) is 0 Å². The number of fused-ring (bicyclic) bond motifs is 1. The maximum atomic E-state index is 5.22. The van der Waals surface area contributed by atoms with E-state index >= 15 is 0 Å². The fourth-order valence-corrected chi connectivity index (χ4v) is 1.47. The van der Waals surface area contributed by atoms with Crippen LogP contribution >= 0.6 is 0 Å². The minimum Gasteiger partial charge on any atom is -0.342 e. The highest BCUT2D eigenvalue weighted by atomic mass is 17.2. The standard InChI is InChI=1S/C12H10O3/c1-2-6-10-9(4-1)5-3-7-11(10)14-15-12-8-13-12/h1-7,12H,8H2. The van der Waals surface area contributed by atoms with Crippen LogP contribution in [0, 0.1) is 0 Å². The predicted octanol–water partition coefficient (Wildman–Crippen LogP) is 2.51. The molecule has 0 bridgehead atoms. The molecule has 0 aliphatic carbocycles. The summed E-state index contributed by atoms with van der Waals surface area (Å²) in [5, 5.41) is 2.18. The van der Waals surface area contributed by atoms with Crippen LogP contribution < -0.4 is 4.89 Å². The summed E-state index contributed by atoms with van der Waals surface area (Å²) in [5.41, 5.74) is 0. The molecule has 0 aromatic heterocycles. The highest BCUT2D eigenvalue weighted by molar-refractivity contribution is 5.88. The smallest absolute Gasteiger partial charge is 0.226 e. The van der Waals surface area contributed by atoms with Crippen molar-refractivity contribution in [3.05, 3.63) is 42.5 Å². The van der Waals surface area contributed by atoms with Gasteiger partial charge < -0.3 is 9.62 Å². The molecule has 1 unspecified atom stereocenters. The van der Waals surface area contributed by atoms with E-state index in [1.807, 2.05) is 42.5 Å². The van der Waals surface area contributed by atoms with Crippen LogP contribution in [0.5, 0.6) is 5.75 Å². The second-order valence-electron chi connectivity index (χ2n) is 3.42. The first kappa shape index (κ1) is 8.71. The van der Waals surface area contributed by atoms with Gasteiger partial charge in [-0.05, 0) is 11.5 Å². The Bertz CT molecular complexity index is 472. The third-order valence-electron chi connectivity index (χ3n) is 2.30. The molecule has 0 radical (unpaired) electrons. The van der Waals surface area contributed by atoms with Gasteiger partial charge >= 0.3 is 0 Å². The van der Waals surface area contributed by atoms with Crippen LogP contribution in [-0.4, -0.2) is 12.9 Å². The first-order chi connectivity index (χ1) is 7.43. The van der Waals surface area contributed by atoms with E-state index in [2.05, 4.69) is 0 Å². The number of ether oxygens (including phenoxy) is 1. The summed E-state index contributed by atoms with van der Waals surface area (Å²) >= 11 is 0. The summed E-state index contributed by atoms with van der Waals surface area (Å²) in [6, 6.07) is 13.9. The van der Waals surface area contributed by atoms with E-state index in [1.165, 1.54) is 0 Å². The summed E-state index contributed by atoms with van der Waals surface area (Å²) < 4.78 is 4.90. The van der Waals surface area contributed by atoms with Crippen molar-refractivity contribution in [2.75, 3.05) is 6.61 Å². The average Bonchev–Trinajstić information content (AvgIpc) is 3.10. The zero-order valence-corrected chi connectivity index (χ0v) is 8.05. The fraction of sp³-hybridized carbons (Fsp3) is 0.167. The summed E-state index contributed by atoms with van der Waals surface area (Å²) in [5.74, 6) is 0.726. The lowest BCUT2D eigenvalue weighted by Crippen LogP contribution is -2.00. The van der Waals surface area contributed by atoms with Crippen molar-refractivity contribution in [1.82, 2.24) is 0 Å². The molecule has 1 saturated heterocycles. The maximum Gasteiger partial charge on any atom is 0.226 e. The minimum atomic E-state index is -0.191. The fourth-order valence-electron chi connectivity index (χ4n) is 1.47. The second kappa shape index (κ2) is 3.53. The van der Waals surface area contributed by atoms with E-state index in [-0.39, 0.29) is 6.29 Å². The Morgan fingerprint density at radius 2 is 1.87 bits per heavy atom. The molecular formula is C12H10O3. The third-order valence-corrected chi connectivity index (χ3v) is 2.30. The van der Waals surface area contributed by atoms with E-state index in [9.17, 15) is 0 Å². The van der Waals surface area contributed by atoms with Gasteiger partial charge in [0.15, 0.2) is 5.75 Å². The van der Waals surface area contributed by atoms with Crippen LogP contribution in [0.3, 0.4) is 0 Å². The van der Waals surface area contributed by atoms with Crippen molar-refractivity contribution in [2.24, 2.45) is 0 Å². The van der Waals surface area contributed by atoms with Crippen LogP contribution in [0.25, 0.3) is 10.8 Å². The lowest BCUT2D eigenvalue weighted by Gasteiger charge is -2.05. The van der Waals surface area contributed by atoms with Gasteiger partial charge in [0.2, 0.25) is 6.29 Å². The largest absolute Gasteiger partial charge is 0.342 e. The van der Waals surface area contributed by atoms with E-state index in [1.54, 1.807) is 0 Å². The van der Waals surface area contributed by atoms with E-state index < -0.39 is 0 Å². The third kappa shape index (κ3) is 1.79. The quantitative estimate of drug-likeness (QED) is 0.435. The van der Waals surface area contributed by atoms with Gasteiger partial charge in [-0.2, -0.15) is 4.89 Å². The molecule has 3 rings (SSSR count). The number of rotatable bonds is 3. The van der Waals surface area contributed by atoms with Gasteiger partial charge in [-0.25, -0.2) is 0 Å². The Morgan fingerprint density at radius 1 is 1.07 bits per heavy atom. The van der Waals surface area contributed by atoms with Crippen molar-refractivity contribution in [3.8, 4) is 5.75 Å². The molecule has 0 spiro atoms. The van der Waals surface area contributed by atoms with E-state index in [4.69, 9.17) is 14.5 Å². The minimum absolute atomic E-state index is 0.191. The van der Waals surface area contributed by atoms with Gasteiger partial charge in [0, 0.05) is 5.39 Å². The molecule has 0 N–H and O–H groups in total. The van der Waals surface area contributed by atoms with Crippen LogP contribution in [0.15, 0.2) is 42.5 Å². The Hall–Kier alpha value is -1.58. The predicted molar refractivity (Wildman–Crippen MR) is 55.4 cm³/mol. The SMILES string of the molecule is c1ccc2c(OOC3CO3)cccc2c1. The highest BCUT2D eigenvalue weighted by Crippen LogP contribution is 2.26. The molecule has 1 fully saturated rings. The number of hydrogen-bond donors (Lipinski definition) is 0. The van der Waals surface area contributed by atoms with Crippen LogP contribution in [-0.2, 0) is 9.62 Å². The molecule has 0 amide bonds. The van der Waals surface area contributed by atoms with Crippen molar-refractivity contribution in [3.63, 3.8) is 0 Å². The molecule has 1 heterocycles. The number of epoxide rings is 1. The monoisotopic (exact) mass is 202 g/mol. The maximum absolute atomic E-state index is 5.22. The van der Waals surface area contributed by atoms with Gasteiger partial charge in [-0.1, -0.05) is 36.4 Å². The number of hydrogen-bond acceptors (Lipinski definition) is 3. The van der Waals surface area contributed by atoms with E-state index in [0.717, 1.165) is 16.5 Å². The zero-order chi connectivity index (χ0) is 10.1. The highest BCUT2D eigenvalue weighted by Gasteiger charge is 2.25. The molecule has 2 aromatic carbocycles. The zero-order valence-electron chi connectivity index (χ0n) is 8.05. The first-order valence-corrected chi connectivity index (χ1v) is 4.86. The topological polar surface area (TPSA) is 31.0 Å². The molecule has 15 heavy (non-hydrogen) atoms. The van der Waals surface area contributed by atoms with Crippen LogP contribution in [0.2, 0.25) is 0 Å². The Kier molecular flexibility index (Phi) is 2.05. The lowest BCUT2D eigenvalue weighted by atomic mass is 10.1. The summed E-state index contributed by atoms with van der Waals surface area (Å²) in [4.78, 5) is 10.2. The molecule has 2 aromatic rings. The summed E-state index contributed by atoms with van der Waals surface area (Å²) in [7, 11) is 0. The molecule has 76 valence electrons. The van der Waals surface area contributed by atoms with E-state index in [0.29, 0.717) is 6.61 Å². The van der Waals surface area contributed by atoms with Crippen molar-refractivity contribution in [1.29, 1.82) is 0 Å². The Labute approximate surface area is 87.1 Å². The summed E-state index contributed by atoms with van der Waals surface area (Å²) in [6.45, 7) is 0.616. The van der Waals surface area contributed by atoms with Crippen molar-refractivity contribution in [2.45, 2.75) is 6.29 Å². The molecular weight excluding hydrogens is 192 g/mol. The summed E-state index contributed by atoms with van der Waals surface area (Å²) in [6.07, 6.45) is -0.191.